The topological polar surface area (TPSA) is 41.9 Å². The first kappa shape index (κ1) is 12.9. The van der Waals surface area contributed by atoms with Crippen LogP contribution in [0.1, 0.15) is 20.3 Å². The highest BCUT2D eigenvalue weighted by atomic mass is 16.5. The molecule has 1 fully saturated rings. The number of aliphatic hydroxyl groups is 1. The molecule has 1 rings (SSSR count). The zero-order valence-electron chi connectivity index (χ0n) is 9.98. The summed E-state index contributed by atoms with van der Waals surface area (Å²) in [6, 6.07) is 0. The van der Waals surface area contributed by atoms with Gasteiger partial charge in [-0.1, -0.05) is 0 Å². The molecule has 90 valence electrons. The number of rotatable bonds is 6. The fourth-order valence-corrected chi connectivity index (χ4v) is 1.81. The third-order valence-electron chi connectivity index (χ3n) is 2.65. The molecule has 0 saturated carbocycles. The average molecular weight is 217 g/mol. The molecule has 1 N–H and O–H groups in total. The van der Waals surface area contributed by atoms with Gasteiger partial charge in [0.15, 0.2) is 0 Å². The van der Waals surface area contributed by atoms with Crippen LogP contribution in [0.15, 0.2) is 0 Å². The molecule has 15 heavy (non-hydrogen) atoms. The van der Waals surface area contributed by atoms with Crippen molar-refractivity contribution in [2.24, 2.45) is 0 Å². The van der Waals surface area contributed by atoms with Crippen molar-refractivity contribution < 1.29 is 14.6 Å². The number of ether oxygens (including phenoxy) is 2. The maximum absolute atomic E-state index is 9.71. The van der Waals surface area contributed by atoms with Gasteiger partial charge in [-0.2, -0.15) is 0 Å². The Kier molecular flexibility index (Phi) is 5.53. The van der Waals surface area contributed by atoms with Crippen LogP contribution >= 0.6 is 0 Å². The van der Waals surface area contributed by atoms with E-state index >= 15 is 0 Å². The fraction of sp³-hybridized carbons (Fsp3) is 1.00. The molecule has 0 aliphatic carbocycles. The Hall–Kier alpha value is -0.160. The van der Waals surface area contributed by atoms with Crippen LogP contribution in [0.25, 0.3) is 0 Å². The van der Waals surface area contributed by atoms with Gasteiger partial charge in [-0.05, 0) is 20.3 Å². The molecule has 0 spiro atoms. The maximum Gasteiger partial charge on any atom is 0.0900 e. The lowest BCUT2D eigenvalue weighted by molar-refractivity contribution is -0.00759. The average Bonchev–Trinajstić information content (AvgIpc) is 2.62. The number of β-amino-alcohol motifs (C(OH)–C–C–N with tert-alkyl or cyclic N) is 1. The van der Waals surface area contributed by atoms with Crippen molar-refractivity contribution >= 4 is 0 Å². The predicted octanol–water partition coefficient (Wildman–Crippen LogP) is 0.493. The van der Waals surface area contributed by atoms with Crippen molar-refractivity contribution in [1.82, 2.24) is 4.90 Å². The highest BCUT2D eigenvalue weighted by Gasteiger charge is 2.23. The summed E-state index contributed by atoms with van der Waals surface area (Å²) in [5.41, 5.74) is 0. The van der Waals surface area contributed by atoms with E-state index < -0.39 is 0 Å². The van der Waals surface area contributed by atoms with E-state index in [9.17, 15) is 5.11 Å². The first-order valence-corrected chi connectivity index (χ1v) is 5.66. The summed E-state index contributed by atoms with van der Waals surface area (Å²) in [5.74, 6) is 0. The largest absolute Gasteiger partial charge is 0.389 e. The molecule has 0 aromatic heterocycles. The Morgan fingerprint density at radius 1 is 1.47 bits per heavy atom. The van der Waals surface area contributed by atoms with E-state index in [1.807, 2.05) is 13.8 Å². The first-order valence-electron chi connectivity index (χ1n) is 5.66. The second kappa shape index (κ2) is 6.43. The van der Waals surface area contributed by atoms with Crippen molar-refractivity contribution in [3.05, 3.63) is 0 Å². The molecular weight excluding hydrogens is 194 g/mol. The summed E-state index contributed by atoms with van der Waals surface area (Å²) in [6.45, 7) is 7.00. The van der Waals surface area contributed by atoms with Gasteiger partial charge in [-0.15, -0.1) is 0 Å². The van der Waals surface area contributed by atoms with Crippen molar-refractivity contribution in [1.29, 1.82) is 0 Å². The van der Waals surface area contributed by atoms with Crippen LogP contribution in [0.5, 0.6) is 0 Å². The summed E-state index contributed by atoms with van der Waals surface area (Å²) in [6.07, 6.45) is 1.20. The minimum atomic E-state index is -0.386. The predicted molar refractivity (Wildman–Crippen MR) is 58.9 cm³/mol. The number of likely N-dealkylation sites (tertiary alicyclic amines) is 1. The fourth-order valence-electron chi connectivity index (χ4n) is 1.81. The summed E-state index contributed by atoms with van der Waals surface area (Å²) in [5, 5.41) is 9.71. The Morgan fingerprint density at radius 2 is 2.20 bits per heavy atom. The molecule has 2 atom stereocenters. The van der Waals surface area contributed by atoms with Gasteiger partial charge in [-0.3, -0.25) is 4.90 Å². The number of hydrogen-bond acceptors (Lipinski definition) is 4. The van der Waals surface area contributed by atoms with Gasteiger partial charge in [0.05, 0.1) is 24.9 Å². The van der Waals surface area contributed by atoms with Gasteiger partial charge >= 0.3 is 0 Å². The molecule has 1 aliphatic heterocycles. The van der Waals surface area contributed by atoms with Gasteiger partial charge in [0, 0.05) is 26.7 Å². The molecule has 1 saturated heterocycles. The smallest absolute Gasteiger partial charge is 0.0900 e. The summed E-state index contributed by atoms with van der Waals surface area (Å²) in [7, 11) is 1.74. The molecule has 0 aromatic carbocycles. The van der Waals surface area contributed by atoms with E-state index in [1.165, 1.54) is 0 Å². The highest BCUT2D eigenvalue weighted by molar-refractivity contribution is 4.77. The monoisotopic (exact) mass is 217 g/mol. The second-order valence-corrected chi connectivity index (χ2v) is 4.44. The van der Waals surface area contributed by atoms with E-state index in [0.29, 0.717) is 19.3 Å². The quantitative estimate of drug-likeness (QED) is 0.703. The van der Waals surface area contributed by atoms with Crippen LogP contribution in [0.4, 0.5) is 0 Å². The van der Waals surface area contributed by atoms with Gasteiger partial charge in [0.2, 0.25) is 0 Å². The normalized spacial score (nSPS) is 25.0. The Balaban J connectivity index is 2.13. The molecule has 4 heteroatoms. The molecule has 4 nitrogen and oxygen atoms in total. The Labute approximate surface area is 92.2 Å². The Bertz CT molecular complexity index is 175. The molecular formula is C11H23NO3. The standard InChI is InChI=1S/C11H23NO3/c1-9(2)15-8-10(13)6-12-5-4-11(7-12)14-3/h9-11,13H,4-8H2,1-3H3. The van der Waals surface area contributed by atoms with Crippen molar-refractivity contribution in [2.75, 3.05) is 33.4 Å². The lowest BCUT2D eigenvalue weighted by atomic mass is 10.3. The van der Waals surface area contributed by atoms with Gasteiger partial charge in [-0.25, -0.2) is 0 Å². The van der Waals surface area contributed by atoms with E-state index in [0.717, 1.165) is 19.5 Å². The summed E-state index contributed by atoms with van der Waals surface area (Å²) < 4.78 is 10.6. The molecule has 0 amide bonds. The molecule has 0 radical (unpaired) electrons. The van der Waals surface area contributed by atoms with Crippen molar-refractivity contribution in [3.63, 3.8) is 0 Å². The molecule has 0 aromatic rings. The summed E-state index contributed by atoms with van der Waals surface area (Å²) in [4.78, 5) is 2.22. The van der Waals surface area contributed by atoms with E-state index in [1.54, 1.807) is 7.11 Å². The summed E-state index contributed by atoms with van der Waals surface area (Å²) >= 11 is 0. The third-order valence-corrected chi connectivity index (χ3v) is 2.65. The van der Waals surface area contributed by atoms with E-state index in [-0.39, 0.29) is 12.2 Å². The maximum atomic E-state index is 9.71. The third kappa shape index (κ3) is 4.93. The molecule has 0 bridgehead atoms. The number of methoxy groups -OCH3 is 1. The Morgan fingerprint density at radius 3 is 2.73 bits per heavy atom. The first-order chi connectivity index (χ1) is 7.11. The van der Waals surface area contributed by atoms with Gasteiger partial charge < -0.3 is 14.6 Å². The van der Waals surface area contributed by atoms with Gasteiger partial charge in [0.25, 0.3) is 0 Å². The minimum absolute atomic E-state index is 0.185. The second-order valence-electron chi connectivity index (χ2n) is 4.44. The minimum Gasteiger partial charge on any atom is -0.389 e. The number of nitrogens with zero attached hydrogens (tertiary/aromatic N) is 1. The number of hydrogen-bond donors (Lipinski definition) is 1. The lowest BCUT2D eigenvalue weighted by Gasteiger charge is -2.20. The van der Waals surface area contributed by atoms with Crippen LogP contribution < -0.4 is 0 Å². The lowest BCUT2D eigenvalue weighted by Crippen LogP contribution is -2.34. The van der Waals surface area contributed by atoms with E-state index in [4.69, 9.17) is 9.47 Å². The van der Waals surface area contributed by atoms with Gasteiger partial charge in [0.1, 0.15) is 0 Å². The zero-order valence-corrected chi connectivity index (χ0v) is 9.98. The molecule has 1 aliphatic rings. The van der Waals surface area contributed by atoms with Crippen LogP contribution in [0.3, 0.4) is 0 Å². The van der Waals surface area contributed by atoms with Crippen molar-refractivity contribution in [3.8, 4) is 0 Å². The van der Waals surface area contributed by atoms with Crippen LogP contribution in [0, 0.1) is 0 Å². The zero-order chi connectivity index (χ0) is 11.3. The highest BCUT2D eigenvalue weighted by Crippen LogP contribution is 2.12. The molecule has 1 heterocycles. The van der Waals surface area contributed by atoms with E-state index in [2.05, 4.69) is 4.90 Å². The SMILES string of the molecule is COC1CCN(CC(O)COC(C)C)C1. The van der Waals surface area contributed by atoms with Crippen molar-refractivity contribution in [2.45, 2.75) is 38.6 Å². The number of aliphatic hydroxyl groups excluding tert-OH is 1. The van der Waals surface area contributed by atoms with Crippen LogP contribution in [-0.2, 0) is 9.47 Å². The molecule has 2 unspecified atom stereocenters. The van der Waals surface area contributed by atoms with Crippen LogP contribution in [0.2, 0.25) is 0 Å². The van der Waals surface area contributed by atoms with Crippen LogP contribution in [-0.4, -0.2) is 61.7 Å².